The molecule has 1 aromatic carbocycles. The number of carbonyl (C=O) groups excluding carboxylic acids is 1. The monoisotopic (exact) mass is 305 g/mol. The summed E-state index contributed by atoms with van der Waals surface area (Å²) in [6, 6.07) is 3.71. The highest BCUT2D eigenvalue weighted by atomic mass is 35.5. The Labute approximate surface area is 118 Å². The number of nitrogens with zero attached hydrogens (tertiary/aromatic N) is 1. The number of nitro groups is 1. The third kappa shape index (κ3) is 4.46. The third-order valence-corrected chi connectivity index (χ3v) is 3.48. The topological polar surface area (TPSA) is 101 Å². The van der Waals surface area contributed by atoms with Crippen LogP contribution in [0.3, 0.4) is 0 Å². The molecule has 0 amide bonds. The molecule has 0 radical (unpaired) electrons. The smallest absolute Gasteiger partial charge is 0.275 e. The standard InChI is InChI=1S/C11H12ClNO5S/c1-6(14)19-5-10(15)11(16)8-4-7(12)2-3-9(8)13(17)18/h2-4,10-11,15-16H,5H2,1H3. The van der Waals surface area contributed by atoms with Gasteiger partial charge in [0, 0.05) is 23.8 Å². The van der Waals surface area contributed by atoms with Gasteiger partial charge in [0.15, 0.2) is 5.12 Å². The van der Waals surface area contributed by atoms with Crippen LogP contribution in [0.2, 0.25) is 5.02 Å². The lowest BCUT2D eigenvalue weighted by Gasteiger charge is -2.17. The Kier molecular flexibility index (Phi) is 5.74. The van der Waals surface area contributed by atoms with E-state index in [-0.39, 0.29) is 27.1 Å². The fraction of sp³-hybridized carbons (Fsp3) is 0.364. The van der Waals surface area contributed by atoms with Gasteiger partial charge in [-0.2, -0.15) is 0 Å². The van der Waals surface area contributed by atoms with Crippen molar-refractivity contribution in [1.29, 1.82) is 0 Å². The van der Waals surface area contributed by atoms with Crippen molar-refractivity contribution in [3.8, 4) is 0 Å². The first-order chi connectivity index (χ1) is 8.82. The van der Waals surface area contributed by atoms with Gasteiger partial charge >= 0.3 is 0 Å². The molecule has 0 aliphatic heterocycles. The van der Waals surface area contributed by atoms with Crippen LogP contribution in [0.5, 0.6) is 0 Å². The number of aliphatic hydroxyl groups is 2. The molecule has 0 aromatic heterocycles. The van der Waals surface area contributed by atoms with E-state index in [2.05, 4.69) is 0 Å². The van der Waals surface area contributed by atoms with E-state index in [9.17, 15) is 25.1 Å². The van der Waals surface area contributed by atoms with Crippen molar-refractivity contribution in [1.82, 2.24) is 0 Å². The van der Waals surface area contributed by atoms with Crippen LogP contribution in [-0.2, 0) is 4.79 Å². The SMILES string of the molecule is CC(=O)SCC(O)C(O)c1cc(Cl)ccc1[N+](=O)[O-]. The molecule has 0 saturated heterocycles. The molecule has 1 rings (SSSR count). The highest BCUT2D eigenvalue weighted by molar-refractivity contribution is 8.13. The van der Waals surface area contributed by atoms with Gasteiger partial charge in [0.25, 0.3) is 5.69 Å². The maximum atomic E-state index is 10.8. The second-order valence-electron chi connectivity index (χ2n) is 3.78. The van der Waals surface area contributed by atoms with Crippen molar-refractivity contribution < 1.29 is 19.9 Å². The van der Waals surface area contributed by atoms with Crippen LogP contribution in [0.4, 0.5) is 5.69 Å². The summed E-state index contributed by atoms with van der Waals surface area (Å²) >= 11 is 6.55. The molecule has 0 spiro atoms. The largest absolute Gasteiger partial charge is 0.389 e. The summed E-state index contributed by atoms with van der Waals surface area (Å²) in [6.07, 6.45) is -2.78. The summed E-state index contributed by atoms with van der Waals surface area (Å²) < 4.78 is 0. The highest BCUT2D eigenvalue weighted by Gasteiger charge is 2.26. The number of thioether (sulfide) groups is 1. The molecule has 6 nitrogen and oxygen atoms in total. The van der Waals surface area contributed by atoms with Crippen LogP contribution < -0.4 is 0 Å². The van der Waals surface area contributed by atoms with E-state index in [1.807, 2.05) is 0 Å². The first-order valence-electron chi connectivity index (χ1n) is 5.26. The molecule has 0 aliphatic rings. The second-order valence-corrected chi connectivity index (χ2v) is 5.41. The van der Waals surface area contributed by atoms with Crippen LogP contribution >= 0.6 is 23.4 Å². The number of hydrogen-bond acceptors (Lipinski definition) is 6. The van der Waals surface area contributed by atoms with Crippen molar-refractivity contribution >= 4 is 34.2 Å². The molecule has 0 saturated carbocycles. The Hall–Kier alpha value is -1.15. The van der Waals surface area contributed by atoms with E-state index in [1.165, 1.54) is 19.1 Å². The van der Waals surface area contributed by atoms with Crippen LogP contribution in [0, 0.1) is 10.1 Å². The van der Waals surface area contributed by atoms with Gasteiger partial charge < -0.3 is 10.2 Å². The first kappa shape index (κ1) is 15.9. The molecule has 2 unspecified atom stereocenters. The van der Waals surface area contributed by atoms with Gasteiger partial charge in [0.1, 0.15) is 6.10 Å². The van der Waals surface area contributed by atoms with Crippen molar-refractivity contribution in [3.05, 3.63) is 38.9 Å². The third-order valence-electron chi connectivity index (χ3n) is 2.33. The van der Waals surface area contributed by atoms with Gasteiger partial charge in [-0.1, -0.05) is 23.4 Å². The number of carbonyl (C=O) groups is 1. The summed E-state index contributed by atoms with van der Waals surface area (Å²) in [5.41, 5.74) is -0.405. The Morgan fingerprint density at radius 2 is 2.16 bits per heavy atom. The second kappa shape index (κ2) is 6.85. The molecular formula is C11H12ClNO5S. The molecule has 19 heavy (non-hydrogen) atoms. The maximum Gasteiger partial charge on any atom is 0.275 e. The zero-order valence-corrected chi connectivity index (χ0v) is 11.5. The predicted octanol–water partition coefficient (Wildman–Crippen LogP) is 1.92. The van der Waals surface area contributed by atoms with Crippen LogP contribution in [-0.4, -0.2) is 32.1 Å². The van der Waals surface area contributed by atoms with Crippen LogP contribution in [0.25, 0.3) is 0 Å². The Balaban J connectivity index is 2.97. The molecule has 0 heterocycles. The Morgan fingerprint density at radius 1 is 1.53 bits per heavy atom. The van der Waals surface area contributed by atoms with E-state index in [4.69, 9.17) is 11.6 Å². The molecular weight excluding hydrogens is 294 g/mol. The lowest BCUT2D eigenvalue weighted by atomic mass is 10.0. The van der Waals surface area contributed by atoms with Crippen LogP contribution in [0.15, 0.2) is 18.2 Å². The van der Waals surface area contributed by atoms with E-state index >= 15 is 0 Å². The molecule has 104 valence electrons. The molecule has 1 aromatic rings. The molecule has 2 N–H and O–H groups in total. The van der Waals surface area contributed by atoms with Crippen molar-refractivity contribution in [3.63, 3.8) is 0 Å². The maximum absolute atomic E-state index is 10.8. The molecule has 2 atom stereocenters. The fourth-order valence-corrected chi connectivity index (χ4v) is 2.20. The molecule has 0 bridgehead atoms. The van der Waals surface area contributed by atoms with Gasteiger partial charge in [-0.15, -0.1) is 0 Å². The zero-order chi connectivity index (χ0) is 14.6. The number of halogens is 1. The summed E-state index contributed by atoms with van der Waals surface area (Å²) in [4.78, 5) is 20.9. The van der Waals surface area contributed by atoms with Gasteiger partial charge in [0.2, 0.25) is 0 Å². The highest BCUT2D eigenvalue weighted by Crippen LogP contribution is 2.30. The van der Waals surface area contributed by atoms with Crippen LogP contribution in [0.1, 0.15) is 18.6 Å². The number of hydrogen-bond donors (Lipinski definition) is 2. The lowest BCUT2D eigenvalue weighted by Crippen LogP contribution is -2.22. The van der Waals surface area contributed by atoms with E-state index in [1.54, 1.807) is 0 Å². The van der Waals surface area contributed by atoms with Gasteiger partial charge in [-0.25, -0.2) is 0 Å². The van der Waals surface area contributed by atoms with E-state index < -0.39 is 17.1 Å². The number of nitro benzene ring substituents is 1. The quantitative estimate of drug-likeness (QED) is 0.636. The van der Waals surface area contributed by atoms with Crippen molar-refractivity contribution in [2.24, 2.45) is 0 Å². The Morgan fingerprint density at radius 3 is 2.68 bits per heavy atom. The fourth-order valence-electron chi connectivity index (χ4n) is 1.43. The molecule has 8 heteroatoms. The minimum Gasteiger partial charge on any atom is -0.389 e. The minimum absolute atomic E-state index is 0.0554. The summed E-state index contributed by atoms with van der Waals surface area (Å²) in [5, 5.41) is 30.5. The van der Waals surface area contributed by atoms with Gasteiger partial charge in [0.05, 0.1) is 16.6 Å². The zero-order valence-electron chi connectivity index (χ0n) is 9.95. The molecule has 0 fully saturated rings. The average molecular weight is 306 g/mol. The summed E-state index contributed by atoms with van der Waals surface area (Å²) in [5.74, 6) is -0.0554. The summed E-state index contributed by atoms with van der Waals surface area (Å²) in [7, 11) is 0. The van der Waals surface area contributed by atoms with E-state index in [0.717, 1.165) is 17.8 Å². The number of rotatable bonds is 5. The summed E-state index contributed by atoms with van der Waals surface area (Å²) in [6.45, 7) is 1.33. The van der Waals surface area contributed by atoms with E-state index in [0.29, 0.717) is 0 Å². The predicted molar refractivity (Wildman–Crippen MR) is 72.2 cm³/mol. The number of aliphatic hydroxyl groups excluding tert-OH is 2. The van der Waals surface area contributed by atoms with Gasteiger partial charge in [-0.05, 0) is 12.1 Å². The molecule has 0 aliphatic carbocycles. The van der Waals surface area contributed by atoms with Crippen molar-refractivity contribution in [2.45, 2.75) is 19.1 Å². The Bertz CT molecular complexity index is 496. The minimum atomic E-state index is -1.48. The average Bonchev–Trinajstić information content (AvgIpc) is 2.34. The first-order valence-corrected chi connectivity index (χ1v) is 6.62. The normalized spacial score (nSPS) is 13.9. The van der Waals surface area contributed by atoms with Gasteiger partial charge in [-0.3, -0.25) is 14.9 Å². The number of benzene rings is 1. The van der Waals surface area contributed by atoms with Crippen molar-refractivity contribution in [2.75, 3.05) is 5.75 Å². The lowest BCUT2D eigenvalue weighted by molar-refractivity contribution is -0.386.